The maximum Gasteiger partial charge on any atom is 0.246 e. The number of ether oxygens (including phenoxy) is 1. The lowest BCUT2D eigenvalue weighted by atomic mass is 10.1. The van der Waals surface area contributed by atoms with E-state index in [9.17, 15) is 9.59 Å². The minimum absolute atomic E-state index is 0.113. The summed E-state index contributed by atoms with van der Waals surface area (Å²) >= 11 is 1.36. The van der Waals surface area contributed by atoms with Crippen molar-refractivity contribution in [1.29, 1.82) is 0 Å². The van der Waals surface area contributed by atoms with Crippen LogP contribution in [0.15, 0.2) is 66.1 Å². The Balaban J connectivity index is 1.43. The number of rotatable bonds is 7. The van der Waals surface area contributed by atoms with Crippen molar-refractivity contribution in [2.45, 2.75) is 13.5 Å². The maximum absolute atomic E-state index is 12.8. The van der Waals surface area contributed by atoms with Gasteiger partial charge in [-0.25, -0.2) is 4.98 Å². The van der Waals surface area contributed by atoms with E-state index in [1.165, 1.54) is 24.3 Å². The molecule has 0 bridgehead atoms. The molecule has 0 radical (unpaired) electrons. The largest absolute Gasteiger partial charge is 0.378 e. The minimum Gasteiger partial charge on any atom is -0.378 e. The van der Waals surface area contributed by atoms with Crippen LogP contribution in [0, 0.1) is 0 Å². The molecule has 1 aliphatic heterocycles. The average molecular weight is 477 g/mol. The van der Waals surface area contributed by atoms with E-state index in [2.05, 4.69) is 22.0 Å². The topological polar surface area (TPSA) is 66.0 Å². The molecule has 3 aromatic rings. The number of hydrogen-bond donors (Lipinski definition) is 0. The third-order valence-electron chi connectivity index (χ3n) is 5.55. The molecule has 4 rings (SSSR count). The lowest BCUT2D eigenvalue weighted by molar-refractivity contribution is -0.125. The van der Waals surface area contributed by atoms with Crippen LogP contribution in [0.3, 0.4) is 0 Å². The number of carbonyl (C=O) groups excluding carboxylic acids is 2. The van der Waals surface area contributed by atoms with Crippen molar-refractivity contribution in [3.8, 4) is 0 Å². The van der Waals surface area contributed by atoms with Gasteiger partial charge >= 0.3 is 0 Å². The smallest absolute Gasteiger partial charge is 0.246 e. The highest BCUT2D eigenvalue weighted by Crippen LogP contribution is 2.29. The Bertz CT molecular complexity index is 1160. The van der Waals surface area contributed by atoms with E-state index in [0.29, 0.717) is 30.6 Å². The van der Waals surface area contributed by atoms with Crippen LogP contribution in [-0.4, -0.2) is 55.0 Å². The predicted octanol–water partition coefficient (Wildman–Crippen LogP) is 4.34. The Morgan fingerprint density at radius 1 is 1.09 bits per heavy atom. The quantitative estimate of drug-likeness (QED) is 0.475. The van der Waals surface area contributed by atoms with Gasteiger partial charge in [0.2, 0.25) is 11.8 Å². The molecule has 1 saturated heterocycles. The lowest BCUT2D eigenvalue weighted by Gasteiger charge is -2.31. The van der Waals surface area contributed by atoms with Gasteiger partial charge in [-0.05, 0) is 29.8 Å². The first kappa shape index (κ1) is 23.7. The SMILES string of the molecule is CC(=O)N(c1ccccc1)c1nc(C=CC(=O)N(C)Cc2ccccc2N2CCOCC2)cs1. The number of amides is 2. The van der Waals surface area contributed by atoms with Gasteiger partial charge in [-0.1, -0.05) is 36.4 Å². The molecule has 2 amide bonds. The molecule has 1 aromatic heterocycles. The van der Waals surface area contributed by atoms with Crippen LogP contribution in [-0.2, 0) is 20.9 Å². The van der Waals surface area contributed by atoms with E-state index in [1.807, 2.05) is 47.8 Å². The molecule has 0 spiro atoms. The summed E-state index contributed by atoms with van der Waals surface area (Å²) in [5, 5.41) is 2.41. The molecule has 2 aromatic carbocycles. The van der Waals surface area contributed by atoms with E-state index < -0.39 is 0 Å². The molecule has 0 N–H and O–H groups in total. The second kappa shape index (κ2) is 11.1. The van der Waals surface area contributed by atoms with E-state index in [0.717, 1.165) is 30.0 Å². The van der Waals surface area contributed by atoms with Crippen LogP contribution in [0.2, 0.25) is 0 Å². The van der Waals surface area contributed by atoms with Gasteiger partial charge in [0, 0.05) is 50.7 Å². The fraction of sp³-hybridized carbons (Fsp3) is 0.269. The van der Waals surface area contributed by atoms with E-state index in [-0.39, 0.29) is 11.8 Å². The monoisotopic (exact) mass is 476 g/mol. The number of thiazole rings is 1. The van der Waals surface area contributed by atoms with Crippen molar-refractivity contribution in [2.75, 3.05) is 43.2 Å². The van der Waals surface area contributed by atoms with Gasteiger partial charge in [-0.3, -0.25) is 14.5 Å². The first-order valence-electron chi connectivity index (χ1n) is 11.2. The number of nitrogens with zero attached hydrogens (tertiary/aromatic N) is 4. The maximum atomic E-state index is 12.8. The molecule has 176 valence electrons. The Morgan fingerprint density at radius 3 is 2.53 bits per heavy atom. The standard InChI is InChI=1S/C26H28N4O3S/c1-20(31)30(23-9-4-3-5-10-23)26-27-22(19-34-26)12-13-25(32)28(2)18-21-8-6-7-11-24(21)29-14-16-33-17-15-29/h3-13,19H,14-18H2,1-2H3. The second-order valence-corrected chi connectivity index (χ2v) is 8.84. The third kappa shape index (κ3) is 5.70. The van der Waals surface area contributed by atoms with Crippen molar-refractivity contribution < 1.29 is 14.3 Å². The summed E-state index contributed by atoms with van der Waals surface area (Å²) in [5.41, 5.74) is 3.64. The second-order valence-electron chi connectivity index (χ2n) is 8.00. The Labute approximate surface area is 203 Å². The molecule has 2 heterocycles. The van der Waals surface area contributed by atoms with Gasteiger partial charge in [0.15, 0.2) is 5.13 Å². The zero-order valence-electron chi connectivity index (χ0n) is 19.4. The zero-order valence-corrected chi connectivity index (χ0v) is 20.2. The van der Waals surface area contributed by atoms with Crippen LogP contribution < -0.4 is 9.80 Å². The first-order valence-corrected chi connectivity index (χ1v) is 12.1. The van der Waals surface area contributed by atoms with E-state index in [1.54, 1.807) is 22.9 Å². The van der Waals surface area contributed by atoms with Crippen LogP contribution >= 0.6 is 11.3 Å². The van der Waals surface area contributed by atoms with Crippen LogP contribution in [0.4, 0.5) is 16.5 Å². The predicted molar refractivity (Wildman–Crippen MR) is 136 cm³/mol. The van der Waals surface area contributed by atoms with Gasteiger partial charge in [0.25, 0.3) is 0 Å². The molecule has 1 aliphatic rings. The lowest BCUT2D eigenvalue weighted by Crippen LogP contribution is -2.37. The van der Waals surface area contributed by atoms with Crippen molar-refractivity contribution in [3.63, 3.8) is 0 Å². The van der Waals surface area contributed by atoms with Gasteiger partial charge in [0.05, 0.1) is 24.6 Å². The van der Waals surface area contributed by atoms with Gasteiger partial charge in [-0.2, -0.15) is 0 Å². The molecule has 1 fully saturated rings. The number of carbonyl (C=O) groups is 2. The number of anilines is 3. The minimum atomic E-state index is -0.120. The summed E-state index contributed by atoms with van der Waals surface area (Å²) in [5.74, 6) is -0.233. The van der Waals surface area contributed by atoms with Crippen LogP contribution in [0.5, 0.6) is 0 Å². The first-order chi connectivity index (χ1) is 16.5. The van der Waals surface area contributed by atoms with Crippen molar-refractivity contribution in [1.82, 2.24) is 9.88 Å². The molecule has 0 unspecified atom stereocenters. The van der Waals surface area contributed by atoms with Gasteiger partial charge in [0.1, 0.15) is 0 Å². The summed E-state index contributed by atoms with van der Waals surface area (Å²) in [6.07, 6.45) is 3.22. The Morgan fingerprint density at radius 2 is 1.79 bits per heavy atom. The summed E-state index contributed by atoms with van der Waals surface area (Å²) < 4.78 is 5.47. The van der Waals surface area contributed by atoms with Crippen molar-refractivity contribution >= 4 is 45.7 Å². The summed E-state index contributed by atoms with van der Waals surface area (Å²) in [6.45, 7) is 5.14. The Hall–Kier alpha value is -3.49. The fourth-order valence-electron chi connectivity index (χ4n) is 3.83. The summed E-state index contributed by atoms with van der Waals surface area (Å²) in [7, 11) is 1.79. The number of likely N-dealkylation sites (N-methyl/N-ethyl adjacent to an activating group) is 1. The van der Waals surface area contributed by atoms with Gasteiger partial charge < -0.3 is 14.5 Å². The molecular weight excluding hydrogens is 448 g/mol. The van der Waals surface area contributed by atoms with Crippen molar-refractivity contribution in [3.05, 3.63) is 77.3 Å². The number of hydrogen-bond acceptors (Lipinski definition) is 6. The highest BCUT2D eigenvalue weighted by atomic mass is 32.1. The molecular formula is C26H28N4O3S. The number of para-hydroxylation sites is 2. The third-order valence-corrected chi connectivity index (χ3v) is 6.40. The van der Waals surface area contributed by atoms with Crippen LogP contribution in [0.1, 0.15) is 18.2 Å². The van der Waals surface area contributed by atoms with E-state index >= 15 is 0 Å². The molecule has 34 heavy (non-hydrogen) atoms. The number of benzene rings is 2. The van der Waals surface area contributed by atoms with Crippen molar-refractivity contribution in [2.24, 2.45) is 0 Å². The van der Waals surface area contributed by atoms with Gasteiger partial charge in [-0.15, -0.1) is 11.3 Å². The summed E-state index contributed by atoms with van der Waals surface area (Å²) in [6, 6.07) is 17.6. The molecule has 7 nitrogen and oxygen atoms in total. The molecule has 0 aliphatic carbocycles. The number of aromatic nitrogens is 1. The molecule has 0 atom stereocenters. The normalized spacial score (nSPS) is 13.8. The molecule has 8 heteroatoms. The average Bonchev–Trinajstić information content (AvgIpc) is 3.32. The van der Waals surface area contributed by atoms with E-state index in [4.69, 9.17) is 4.74 Å². The zero-order chi connectivity index (χ0) is 23.9. The molecule has 0 saturated carbocycles. The fourth-order valence-corrected chi connectivity index (χ4v) is 4.69. The Kier molecular flexibility index (Phi) is 7.72. The van der Waals surface area contributed by atoms with Crippen LogP contribution in [0.25, 0.3) is 6.08 Å². The highest BCUT2D eigenvalue weighted by Gasteiger charge is 2.18. The number of morpholine rings is 1. The highest BCUT2D eigenvalue weighted by molar-refractivity contribution is 7.14. The summed E-state index contributed by atoms with van der Waals surface area (Å²) in [4.78, 5) is 35.1.